The Bertz CT molecular complexity index is 486. The monoisotopic (exact) mass is 250 g/mol. The molecule has 2 aromatic rings. The average molecular weight is 250 g/mol. The largest absolute Gasteiger partial charge is 0.490 e. The Kier molecular flexibility index (Phi) is 3.43. The first-order valence-corrected chi connectivity index (χ1v) is 6.04. The lowest BCUT2D eigenvalue weighted by Crippen LogP contribution is -2.09. The number of hydrogen-bond acceptors (Lipinski definition) is 6. The van der Waals surface area contributed by atoms with Gasteiger partial charge in [0, 0.05) is 4.88 Å². The highest BCUT2D eigenvalue weighted by molar-refractivity contribution is 7.10. The summed E-state index contributed by atoms with van der Waals surface area (Å²) in [6, 6.07) is 4.24. The van der Waals surface area contributed by atoms with Gasteiger partial charge in [-0.1, -0.05) is 6.07 Å². The normalized spacial score (nSPS) is 12.1. The maximum atomic E-state index is 5.71. The first-order valence-electron chi connectivity index (χ1n) is 5.16. The summed E-state index contributed by atoms with van der Waals surface area (Å²) in [5.74, 6) is 1.43. The van der Waals surface area contributed by atoms with Crippen molar-refractivity contribution in [2.75, 3.05) is 18.2 Å². The molecule has 0 saturated heterocycles. The summed E-state index contributed by atoms with van der Waals surface area (Å²) in [7, 11) is 1.55. The van der Waals surface area contributed by atoms with E-state index >= 15 is 0 Å². The summed E-state index contributed by atoms with van der Waals surface area (Å²) < 4.78 is 5.19. The van der Waals surface area contributed by atoms with Gasteiger partial charge in [0.05, 0.1) is 13.2 Å². The zero-order valence-corrected chi connectivity index (χ0v) is 10.5. The zero-order valence-electron chi connectivity index (χ0n) is 9.68. The Hall–Kier alpha value is -1.82. The van der Waals surface area contributed by atoms with Gasteiger partial charge >= 0.3 is 0 Å². The number of methoxy groups -OCH3 is 1. The molecule has 0 amide bonds. The summed E-state index contributed by atoms with van der Waals surface area (Å²) >= 11 is 1.69. The van der Waals surface area contributed by atoms with Gasteiger partial charge in [-0.25, -0.2) is 9.97 Å². The van der Waals surface area contributed by atoms with Crippen molar-refractivity contribution < 1.29 is 4.74 Å². The van der Waals surface area contributed by atoms with Crippen LogP contribution in [0.5, 0.6) is 5.75 Å². The number of hydrogen-bond donors (Lipinski definition) is 2. The number of nitrogen functional groups attached to an aromatic ring is 1. The molecule has 2 heterocycles. The van der Waals surface area contributed by atoms with Crippen LogP contribution in [0.2, 0.25) is 0 Å². The molecule has 0 bridgehead atoms. The van der Waals surface area contributed by atoms with Crippen LogP contribution in [0.25, 0.3) is 0 Å². The lowest BCUT2D eigenvalue weighted by molar-refractivity contribution is 0.415. The number of nitrogens with one attached hydrogen (secondary N) is 1. The van der Waals surface area contributed by atoms with Gasteiger partial charge in [-0.05, 0) is 18.4 Å². The van der Waals surface area contributed by atoms with Crippen LogP contribution in [0.4, 0.5) is 11.6 Å². The molecule has 0 spiro atoms. The van der Waals surface area contributed by atoms with Crippen molar-refractivity contribution >= 4 is 23.0 Å². The first kappa shape index (κ1) is 11.7. The Morgan fingerprint density at radius 2 is 2.29 bits per heavy atom. The number of ether oxygens (including phenoxy) is 1. The van der Waals surface area contributed by atoms with Gasteiger partial charge in [-0.3, -0.25) is 0 Å². The van der Waals surface area contributed by atoms with Crippen LogP contribution >= 0.6 is 11.3 Å². The summed E-state index contributed by atoms with van der Waals surface area (Å²) in [6.45, 7) is 2.06. The number of anilines is 2. The topological polar surface area (TPSA) is 73.1 Å². The van der Waals surface area contributed by atoms with E-state index in [9.17, 15) is 0 Å². The van der Waals surface area contributed by atoms with E-state index in [1.807, 2.05) is 11.4 Å². The highest BCUT2D eigenvalue weighted by Gasteiger charge is 2.13. The fourth-order valence-electron chi connectivity index (χ4n) is 1.51. The fraction of sp³-hybridized carbons (Fsp3) is 0.273. The highest BCUT2D eigenvalue weighted by Crippen LogP contribution is 2.30. The molecule has 0 fully saturated rings. The van der Waals surface area contributed by atoms with Crippen molar-refractivity contribution in [3.63, 3.8) is 0 Å². The minimum Gasteiger partial charge on any atom is -0.490 e. The smallest absolute Gasteiger partial charge is 0.203 e. The molecule has 6 heteroatoms. The summed E-state index contributed by atoms with van der Waals surface area (Å²) in [5, 5.41) is 5.30. The maximum absolute atomic E-state index is 5.71. The van der Waals surface area contributed by atoms with Crippen molar-refractivity contribution in [2.24, 2.45) is 0 Å². The SMILES string of the molecule is COc1c(N)ncnc1NC(C)c1cccs1. The van der Waals surface area contributed by atoms with Crippen LogP contribution in [-0.4, -0.2) is 17.1 Å². The van der Waals surface area contributed by atoms with Crippen LogP contribution in [-0.2, 0) is 0 Å². The molecular weight excluding hydrogens is 236 g/mol. The van der Waals surface area contributed by atoms with Crippen LogP contribution in [0.15, 0.2) is 23.8 Å². The Balaban J connectivity index is 2.21. The average Bonchev–Trinajstić information content (AvgIpc) is 2.82. The van der Waals surface area contributed by atoms with Gasteiger partial charge in [0.25, 0.3) is 0 Å². The van der Waals surface area contributed by atoms with E-state index in [1.54, 1.807) is 18.4 Å². The van der Waals surface area contributed by atoms with Gasteiger partial charge in [0.2, 0.25) is 5.75 Å². The summed E-state index contributed by atoms with van der Waals surface area (Å²) in [6.07, 6.45) is 1.42. The third-order valence-corrected chi connectivity index (χ3v) is 3.41. The fourth-order valence-corrected chi connectivity index (χ4v) is 2.24. The molecule has 0 aromatic carbocycles. The predicted octanol–water partition coefficient (Wildman–Crippen LogP) is 2.30. The Morgan fingerprint density at radius 3 is 2.94 bits per heavy atom. The van der Waals surface area contributed by atoms with Gasteiger partial charge in [0.15, 0.2) is 11.6 Å². The molecule has 0 aliphatic rings. The van der Waals surface area contributed by atoms with E-state index in [4.69, 9.17) is 10.5 Å². The number of nitrogens with two attached hydrogens (primary N) is 1. The van der Waals surface area contributed by atoms with Crippen LogP contribution in [0.1, 0.15) is 17.8 Å². The molecule has 90 valence electrons. The molecule has 2 aromatic heterocycles. The lowest BCUT2D eigenvalue weighted by Gasteiger charge is -2.15. The Morgan fingerprint density at radius 1 is 1.47 bits per heavy atom. The van der Waals surface area contributed by atoms with Gasteiger partial charge < -0.3 is 15.8 Å². The maximum Gasteiger partial charge on any atom is 0.203 e. The Labute approximate surface area is 104 Å². The number of thiophene rings is 1. The van der Waals surface area contributed by atoms with E-state index in [0.717, 1.165) is 0 Å². The predicted molar refractivity (Wildman–Crippen MR) is 69.4 cm³/mol. The minimum atomic E-state index is 0.151. The standard InChI is InChI=1S/C11H14N4OS/c1-7(8-4-3-5-17-8)15-11-9(16-2)10(12)13-6-14-11/h3-7H,1-2H3,(H3,12,13,14,15). The van der Waals surface area contributed by atoms with Gasteiger partial charge in [-0.15, -0.1) is 11.3 Å². The first-order chi connectivity index (χ1) is 8.22. The van der Waals surface area contributed by atoms with Crippen LogP contribution < -0.4 is 15.8 Å². The third-order valence-electron chi connectivity index (χ3n) is 2.36. The van der Waals surface area contributed by atoms with Crippen molar-refractivity contribution in [1.82, 2.24) is 9.97 Å². The number of nitrogens with zero attached hydrogens (tertiary/aromatic N) is 2. The molecule has 0 saturated carbocycles. The van der Waals surface area contributed by atoms with Gasteiger partial charge in [0.1, 0.15) is 6.33 Å². The van der Waals surface area contributed by atoms with Crippen LogP contribution in [0, 0.1) is 0 Å². The summed E-state index contributed by atoms with van der Waals surface area (Å²) in [5.41, 5.74) is 5.71. The molecule has 0 radical (unpaired) electrons. The van der Waals surface area contributed by atoms with E-state index in [2.05, 4.69) is 28.3 Å². The molecule has 1 atom stereocenters. The highest BCUT2D eigenvalue weighted by atomic mass is 32.1. The zero-order chi connectivity index (χ0) is 12.3. The molecule has 2 rings (SSSR count). The minimum absolute atomic E-state index is 0.151. The molecule has 1 unspecified atom stereocenters. The quantitative estimate of drug-likeness (QED) is 0.871. The second-order valence-electron chi connectivity index (χ2n) is 3.52. The van der Waals surface area contributed by atoms with E-state index in [0.29, 0.717) is 17.4 Å². The molecule has 3 N–H and O–H groups in total. The third kappa shape index (κ3) is 2.47. The molecular formula is C11H14N4OS. The van der Waals surface area contributed by atoms with E-state index in [-0.39, 0.29) is 6.04 Å². The van der Waals surface area contributed by atoms with Crippen molar-refractivity contribution in [3.8, 4) is 5.75 Å². The molecule has 17 heavy (non-hydrogen) atoms. The lowest BCUT2D eigenvalue weighted by atomic mass is 10.2. The summed E-state index contributed by atoms with van der Waals surface area (Å²) in [4.78, 5) is 9.25. The van der Waals surface area contributed by atoms with E-state index in [1.165, 1.54) is 11.2 Å². The second-order valence-corrected chi connectivity index (χ2v) is 4.50. The molecule has 5 nitrogen and oxygen atoms in total. The molecule has 0 aliphatic heterocycles. The van der Waals surface area contributed by atoms with Crippen molar-refractivity contribution in [3.05, 3.63) is 28.7 Å². The van der Waals surface area contributed by atoms with Crippen molar-refractivity contribution in [2.45, 2.75) is 13.0 Å². The number of aromatic nitrogens is 2. The van der Waals surface area contributed by atoms with Gasteiger partial charge in [-0.2, -0.15) is 0 Å². The van der Waals surface area contributed by atoms with Crippen LogP contribution in [0.3, 0.4) is 0 Å². The van der Waals surface area contributed by atoms with E-state index < -0.39 is 0 Å². The number of rotatable bonds is 4. The second kappa shape index (κ2) is 5.01. The van der Waals surface area contributed by atoms with Crippen molar-refractivity contribution in [1.29, 1.82) is 0 Å². The molecule has 0 aliphatic carbocycles.